The van der Waals surface area contributed by atoms with Crippen LogP contribution in [0.3, 0.4) is 0 Å². The van der Waals surface area contributed by atoms with Crippen LogP contribution < -0.4 is 0 Å². The fraction of sp³-hybridized carbons (Fsp3) is 0.0500. The fourth-order valence-electron chi connectivity index (χ4n) is 3.15. The maximum absolute atomic E-state index is 14.4. The summed E-state index contributed by atoms with van der Waals surface area (Å²) in [5, 5.41) is 0.247. The second-order valence-electron chi connectivity index (χ2n) is 5.96. The van der Waals surface area contributed by atoms with Crippen molar-refractivity contribution >= 4 is 22.6 Å². The Kier molecular flexibility index (Phi) is 3.96. The standard InChI is InChI=1S/C20H12ClF3N2/c1-11-3-2-4-18(19(11)14-6-5-12(22)7-15(14)21)26-10-25-17-9-13(23)8-16(24)20(17)26/h2-10H,1H3. The van der Waals surface area contributed by atoms with Crippen LogP contribution in [0.25, 0.3) is 27.8 Å². The van der Waals surface area contributed by atoms with Crippen molar-refractivity contribution in [1.29, 1.82) is 0 Å². The molecule has 0 aliphatic carbocycles. The maximum atomic E-state index is 14.4. The minimum absolute atomic E-state index is 0.163. The Morgan fingerprint density at radius 3 is 2.54 bits per heavy atom. The average Bonchev–Trinajstić information content (AvgIpc) is 2.99. The highest BCUT2D eigenvalue weighted by Gasteiger charge is 2.17. The summed E-state index contributed by atoms with van der Waals surface area (Å²) in [6, 6.07) is 11.6. The zero-order valence-electron chi connectivity index (χ0n) is 13.6. The molecule has 4 rings (SSSR count). The van der Waals surface area contributed by atoms with Crippen molar-refractivity contribution in [2.75, 3.05) is 0 Å². The summed E-state index contributed by atoms with van der Waals surface area (Å²) in [7, 11) is 0. The van der Waals surface area contributed by atoms with Crippen LogP contribution in [0.5, 0.6) is 0 Å². The molecule has 0 unspecified atom stereocenters. The molecule has 0 aliphatic heterocycles. The topological polar surface area (TPSA) is 17.8 Å². The van der Waals surface area contributed by atoms with Crippen LogP contribution >= 0.6 is 11.6 Å². The molecular weight excluding hydrogens is 361 g/mol. The van der Waals surface area contributed by atoms with Crippen molar-refractivity contribution in [1.82, 2.24) is 9.55 Å². The minimum atomic E-state index is -0.713. The molecule has 0 atom stereocenters. The number of hydrogen-bond donors (Lipinski definition) is 0. The second kappa shape index (κ2) is 6.18. The van der Waals surface area contributed by atoms with Crippen molar-refractivity contribution in [2.24, 2.45) is 0 Å². The first-order chi connectivity index (χ1) is 12.5. The monoisotopic (exact) mass is 372 g/mol. The first-order valence-corrected chi connectivity index (χ1v) is 8.21. The Hall–Kier alpha value is -2.79. The van der Waals surface area contributed by atoms with Crippen LogP contribution in [-0.4, -0.2) is 9.55 Å². The van der Waals surface area contributed by atoms with Crippen LogP contribution in [0.2, 0.25) is 5.02 Å². The largest absolute Gasteiger partial charge is 0.296 e. The highest BCUT2D eigenvalue weighted by molar-refractivity contribution is 6.33. The van der Waals surface area contributed by atoms with E-state index in [0.29, 0.717) is 11.3 Å². The Morgan fingerprint density at radius 2 is 1.77 bits per heavy atom. The molecule has 0 fully saturated rings. The molecule has 0 radical (unpaired) electrons. The summed E-state index contributed by atoms with van der Waals surface area (Å²) in [6.07, 6.45) is 1.43. The molecule has 26 heavy (non-hydrogen) atoms. The Labute approximate surface area is 152 Å². The number of nitrogens with zero attached hydrogens (tertiary/aromatic N) is 2. The summed E-state index contributed by atoms with van der Waals surface area (Å²) in [6.45, 7) is 1.88. The zero-order chi connectivity index (χ0) is 18.4. The van der Waals surface area contributed by atoms with Crippen LogP contribution in [0.15, 0.2) is 54.9 Å². The van der Waals surface area contributed by atoms with Crippen molar-refractivity contribution in [3.63, 3.8) is 0 Å². The number of fused-ring (bicyclic) bond motifs is 1. The molecule has 0 N–H and O–H groups in total. The molecule has 4 aromatic rings. The van der Waals surface area contributed by atoms with Gasteiger partial charge in [0, 0.05) is 23.3 Å². The highest BCUT2D eigenvalue weighted by Crippen LogP contribution is 2.36. The molecule has 2 nitrogen and oxygen atoms in total. The van der Waals surface area contributed by atoms with Gasteiger partial charge in [-0.25, -0.2) is 18.2 Å². The lowest BCUT2D eigenvalue weighted by atomic mass is 9.98. The number of rotatable bonds is 2. The third-order valence-corrected chi connectivity index (χ3v) is 4.58. The van der Waals surface area contributed by atoms with Crippen molar-refractivity contribution < 1.29 is 13.2 Å². The summed E-state index contributed by atoms with van der Waals surface area (Å²) in [4.78, 5) is 4.11. The lowest BCUT2D eigenvalue weighted by molar-refractivity contribution is 0.589. The van der Waals surface area contributed by atoms with Gasteiger partial charge in [-0.3, -0.25) is 4.57 Å². The van der Waals surface area contributed by atoms with E-state index >= 15 is 0 Å². The van der Waals surface area contributed by atoms with Gasteiger partial charge in [-0.1, -0.05) is 23.7 Å². The van der Waals surface area contributed by atoms with E-state index in [1.54, 1.807) is 16.7 Å². The van der Waals surface area contributed by atoms with Gasteiger partial charge in [0.1, 0.15) is 23.5 Å². The Balaban J connectivity index is 2.04. The Morgan fingerprint density at radius 1 is 0.962 bits per heavy atom. The predicted octanol–water partition coefficient (Wildman–Crippen LogP) is 6.07. The van der Waals surface area contributed by atoms with Gasteiger partial charge in [0.2, 0.25) is 0 Å². The van der Waals surface area contributed by atoms with E-state index in [-0.39, 0.29) is 16.1 Å². The van der Waals surface area contributed by atoms with Gasteiger partial charge in [-0.05, 0) is 36.8 Å². The second-order valence-corrected chi connectivity index (χ2v) is 6.37. The molecule has 130 valence electrons. The van der Waals surface area contributed by atoms with Gasteiger partial charge >= 0.3 is 0 Å². The van der Waals surface area contributed by atoms with Gasteiger partial charge in [0.05, 0.1) is 16.2 Å². The summed E-state index contributed by atoms with van der Waals surface area (Å²) in [5.74, 6) is -1.84. The highest BCUT2D eigenvalue weighted by atomic mass is 35.5. The number of aryl methyl sites for hydroxylation is 1. The lowest BCUT2D eigenvalue weighted by Gasteiger charge is -2.16. The minimum Gasteiger partial charge on any atom is -0.296 e. The quantitative estimate of drug-likeness (QED) is 0.417. The molecule has 0 saturated heterocycles. The molecule has 0 bridgehead atoms. The van der Waals surface area contributed by atoms with E-state index in [1.165, 1.54) is 24.5 Å². The first kappa shape index (κ1) is 16.7. The summed E-state index contributed by atoms with van der Waals surface area (Å²) < 4.78 is 42.9. The van der Waals surface area contributed by atoms with Gasteiger partial charge in [-0.15, -0.1) is 0 Å². The number of imidazole rings is 1. The van der Waals surface area contributed by atoms with Gasteiger partial charge in [-0.2, -0.15) is 0 Å². The number of hydrogen-bond acceptors (Lipinski definition) is 1. The first-order valence-electron chi connectivity index (χ1n) is 7.83. The average molecular weight is 373 g/mol. The third-order valence-electron chi connectivity index (χ3n) is 4.27. The van der Waals surface area contributed by atoms with Crippen LogP contribution in [0, 0.1) is 24.4 Å². The zero-order valence-corrected chi connectivity index (χ0v) is 14.4. The van der Waals surface area contributed by atoms with E-state index in [0.717, 1.165) is 17.2 Å². The van der Waals surface area contributed by atoms with E-state index in [4.69, 9.17) is 11.6 Å². The van der Waals surface area contributed by atoms with Gasteiger partial charge in [0.25, 0.3) is 0 Å². The molecule has 6 heteroatoms. The molecule has 1 aromatic heterocycles. The van der Waals surface area contributed by atoms with Gasteiger partial charge < -0.3 is 0 Å². The maximum Gasteiger partial charge on any atom is 0.152 e. The lowest BCUT2D eigenvalue weighted by Crippen LogP contribution is -2.00. The smallest absolute Gasteiger partial charge is 0.152 e. The molecule has 0 saturated carbocycles. The fourth-order valence-corrected chi connectivity index (χ4v) is 3.41. The molecule has 3 aromatic carbocycles. The SMILES string of the molecule is Cc1cccc(-n2cnc3cc(F)cc(F)c32)c1-c1ccc(F)cc1Cl. The summed E-state index contributed by atoms with van der Waals surface area (Å²) in [5.41, 5.74) is 3.20. The molecule has 0 spiro atoms. The number of aromatic nitrogens is 2. The molecule has 0 aliphatic rings. The number of halogens is 4. The summed E-state index contributed by atoms with van der Waals surface area (Å²) >= 11 is 6.25. The predicted molar refractivity (Wildman–Crippen MR) is 96.1 cm³/mol. The molecule has 1 heterocycles. The normalized spacial score (nSPS) is 11.3. The van der Waals surface area contributed by atoms with E-state index in [9.17, 15) is 13.2 Å². The van der Waals surface area contributed by atoms with E-state index in [2.05, 4.69) is 4.98 Å². The van der Waals surface area contributed by atoms with Crippen molar-refractivity contribution in [3.8, 4) is 16.8 Å². The van der Waals surface area contributed by atoms with E-state index < -0.39 is 17.5 Å². The van der Waals surface area contributed by atoms with Crippen LogP contribution in [-0.2, 0) is 0 Å². The van der Waals surface area contributed by atoms with Crippen molar-refractivity contribution in [2.45, 2.75) is 6.92 Å². The van der Waals surface area contributed by atoms with Crippen molar-refractivity contribution in [3.05, 3.63) is 82.9 Å². The van der Waals surface area contributed by atoms with Crippen LogP contribution in [0.1, 0.15) is 5.56 Å². The van der Waals surface area contributed by atoms with E-state index in [1.807, 2.05) is 19.1 Å². The molecular formula is C20H12ClF3N2. The Bertz CT molecular complexity index is 1150. The van der Waals surface area contributed by atoms with Gasteiger partial charge in [0.15, 0.2) is 5.82 Å². The van der Waals surface area contributed by atoms with Crippen LogP contribution in [0.4, 0.5) is 13.2 Å². The number of benzene rings is 3. The molecule has 0 amide bonds. The third kappa shape index (κ3) is 2.65.